The van der Waals surface area contributed by atoms with Crippen LogP contribution in [0.3, 0.4) is 0 Å². The maximum atomic E-state index is 5.76. The molecular weight excluding hydrogens is 226 g/mol. The van der Waals surface area contributed by atoms with Crippen molar-refractivity contribution in [2.45, 2.75) is 57.8 Å². The summed E-state index contributed by atoms with van der Waals surface area (Å²) in [5, 5.41) is 0. The fraction of sp³-hybridized carbons (Fsp3) is 0.714. The second-order valence-corrected chi connectivity index (χ2v) is 5.03. The van der Waals surface area contributed by atoms with Gasteiger partial charge in [0.05, 0.1) is 6.61 Å². The van der Waals surface area contributed by atoms with Crippen molar-refractivity contribution in [1.29, 1.82) is 0 Å². The minimum Gasteiger partial charge on any atom is -0.478 e. The van der Waals surface area contributed by atoms with Gasteiger partial charge in [0.25, 0.3) is 0 Å². The highest BCUT2D eigenvalue weighted by atomic mass is 16.5. The summed E-state index contributed by atoms with van der Waals surface area (Å²) in [5.74, 6) is 2.53. The Morgan fingerprint density at radius 1 is 1.22 bits per heavy atom. The zero-order chi connectivity index (χ0) is 12.8. The number of nitrogens with zero attached hydrogens (tertiary/aromatic N) is 2. The molecule has 0 bridgehead atoms. The zero-order valence-corrected chi connectivity index (χ0v) is 11.2. The van der Waals surface area contributed by atoms with Crippen molar-refractivity contribution in [3.05, 3.63) is 11.9 Å². The first-order valence-electron chi connectivity index (χ1n) is 7.07. The van der Waals surface area contributed by atoms with E-state index in [2.05, 4.69) is 16.9 Å². The van der Waals surface area contributed by atoms with Crippen LogP contribution in [0, 0.1) is 0 Å². The van der Waals surface area contributed by atoms with E-state index < -0.39 is 0 Å². The van der Waals surface area contributed by atoms with Crippen molar-refractivity contribution < 1.29 is 4.74 Å². The molecule has 2 N–H and O–H groups in total. The van der Waals surface area contributed by atoms with Crippen LogP contribution in [0.4, 0.5) is 5.82 Å². The van der Waals surface area contributed by atoms with Crippen LogP contribution in [0.15, 0.2) is 6.07 Å². The van der Waals surface area contributed by atoms with Crippen molar-refractivity contribution in [2.75, 3.05) is 12.3 Å². The summed E-state index contributed by atoms with van der Waals surface area (Å²) >= 11 is 0. The molecule has 1 aliphatic rings. The number of aromatic nitrogens is 2. The topological polar surface area (TPSA) is 61.0 Å². The molecule has 0 spiro atoms. The van der Waals surface area contributed by atoms with Crippen LogP contribution in [0.1, 0.15) is 63.6 Å². The molecule has 0 unspecified atom stereocenters. The monoisotopic (exact) mass is 249 g/mol. The number of nitrogens with two attached hydrogens (primary N) is 1. The molecule has 1 heterocycles. The number of ether oxygens (including phenoxy) is 1. The molecule has 2 rings (SSSR count). The average molecular weight is 249 g/mol. The first-order chi connectivity index (χ1) is 8.79. The lowest BCUT2D eigenvalue weighted by molar-refractivity contribution is 0.292. The van der Waals surface area contributed by atoms with Gasteiger partial charge < -0.3 is 10.5 Å². The molecule has 18 heavy (non-hydrogen) atoms. The highest BCUT2D eigenvalue weighted by molar-refractivity contribution is 5.34. The highest BCUT2D eigenvalue weighted by Gasteiger charge is 2.27. The molecule has 1 saturated carbocycles. The van der Waals surface area contributed by atoms with Crippen LogP contribution in [-0.4, -0.2) is 16.6 Å². The van der Waals surface area contributed by atoms with E-state index in [0.29, 0.717) is 17.6 Å². The van der Waals surface area contributed by atoms with E-state index in [1.165, 1.54) is 38.5 Å². The van der Waals surface area contributed by atoms with Crippen LogP contribution in [-0.2, 0) is 0 Å². The maximum Gasteiger partial charge on any atom is 0.218 e. The number of nitrogen functional groups attached to an aromatic ring is 1. The standard InChI is InChI=1S/C14H23N3O/c1-2-3-4-5-6-9-18-13-10-12(15)16-14(17-13)11-7-8-11/h10-11H,2-9H2,1H3,(H2,15,16,17). The Kier molecular flexibility index (Phi) is 4.79. The average Bonchev–Trinajstić information content (AvgIpc) is 3.17. The summed E-state index contributed by atoms with van der Waals surface area (Å²) in [6, 6.07) is 1.72. The Hall–Kier alpha value is -1.32. The number of hydrogen-bond acceptors (Lipinski definition) is 4. The maximum absolute atomic E-state index is 5.76. The van der Waals surface area contributed by atoms with Crippen molar-refractivity contribution in [2.24, 2.45) is 0 Å². The van der Waals surface area contributed by atoms with Gasteiger partial charge in [0.15, 0.2) is 0 Å². The lowest BCUT2D eigenvalue weighted by Gasteiger charge is -2.07. The van der Waals surface area contributed by atoms with Crippen molar-refractivity contribution in [3.8, 4) is 5.88 Å². The van der Waals surface area contributed by atoms with E-state index in [-0.39, 0.29) is 0 Å². The van der Waals surface area contributed by atoms with Crippen LogP contribution >= 0.6 is 0 Å². The van der Waals surface area contributed by atoms with E-state index in [0.717, 1.165) is 18.9 Å². The summed E-state index contributed by atoms with van der Waals surface area (Å²) in [5.41, 5.74) is 5.76. The molecule has 1 aromatic heterocycles. The number of anilines is 1. The van der Waals surface area contributed by atoms with Gasteiger partial charge in [-0.1, -0.05) is 32.6 Å². The Labute approximate surface area is 109 Å². The van der Waals surface area contributed by atoms with Crippen molar-refractivity contribution in [3.63, 3.8) is 0 Å². The molecule has 0 aromatic carbocycles. The third-order valence-electron chi connectivity index (χ3n) is 3.18. The molecule has 1 aliphatic carbocycles. The van der Waals surface area contributed by atoms with Gasteiger partial charge in [0.1, 0.15) is 11.6 Å². The molecular formula is C14H23N3O. The second kappa shape index (κ2) is 6.57. The van der Waals surface area contributed by atoms with Gasteiger partial charge in [-0.25, -0.2) is 4.98 Å². The third kappa shape index (κ3) is 4.17. The molecule has 0 saturated heterocycles. The van der Waals surface area contributed by atoms with Crippen LogP contribution in [0.25, 0.3) is 0 Å². The molecule has 0 atom stereocenters. The predicted molar refractivity (Wildman–Crippen MR) is 72.7 cm³/mol. The van der Waals surface area contributed by atoms with Gasteiger partial charge >= 0.3 is 0 Å². The highest BCUT2D eigenvalue weighted by Crippen LogP contribution is 2.38. The van der Waals surface area contributed by atoms with Gasteiger partial charge in [-0.2, -0.15) is 4.98 Å². The first-order valence-corrected chi connectivity index (χ1v) is 7.07. The summed E-state index contributed by atoms with van der Waals surface area (Å²) in [6.07, 6.45) is 8.55. The first kappa shape index (κ1) is 13.1. The molecule has 0 aliphatic heterocycles. The van der Waals surface area contributed by atoms with E-state index in [1.807, 2.05) is 0 Å². The molecule has 1 fully saturated rings. The van der Waals surface area contributed by atoms with Crippen molar-refractivity contribution in [1.82, 2.24) is 9.97 Å². The normalized spacial score (nSPS) is 14.7. The molecule has 4 nitrogen and oxygen atoms in total. The molecule has 1 aromatic rings. The summed E-state index contributed by atoms with van der Waals surface area (Å²) in [7, 11) is 0. The molecule has 0 amide bonds. The lowest BCUT2D eigenvalue weighted by atomic mass is 10.2. The van der Waals surface area contributed by atoms with Gasteiger partial charge in [0, 0.05) is 12.0 Å². The molecule has 0 radical (unpaired) electrons. The SMILES string of the molecule is CCCCCCCOc1cc(N)nc(C2CC2)n1. The van der Waals surface area contributed by atoms with Crippen molar-refractivity contribution >= 4 is 5.82 Å². The van der Waals surface area contributed by atoms with E-state index in [9.17, 15) is 0 Å². The number of unbranched alkanes of at least 4 members (excludes halogenated alkanes) is 4. The minimum atomic E-state index is 0.514. The largest absolute Gasteiger partial charge is 0.478 e. The Balaban J connectivity index is 1.74. The Morgan fingerprint density at radius 3 is 2.72 bits per heavy atom. The third-order valence-corrected chi connectivity index (χ3v) is 3.18. The molecule has 100 valence electrons. The quantitative estimate of drug-likeness (QED) is 0.718. The van der Waals surface area contributed by atoms with Gasteiger partial charge in [0.2, 0.25) is 5.88 Å². The second-order valence-electron chi connectivity index (χ2n) is 5.03. The fourth-order valence-corrected chi connectivity index (χ4v) is 1.94. The zero-order valence-electron chi connectivity index (χ0n) is 11.2. The smallest absolute Gasteiger partial charge is 0.218 e. The van der Waals surface area contributed by atoms with E-state index in [1.54, 1.807) is 6.07 Å². The Morgan fingerprint density at radius 2 is 2.00 bits per heavy atom. The lowest BCUT2D eigenvalue weighted by Crippen LogP contribution is -2.04. The van der Waals surface area contributed by atoms with Crippen LogP contribution in [0.5, 0.6) is 5.88 Å². The number of rotatable bonds is 8. The van der Waals surface area contributed by atoms with Crippen LogP contribution < -0.4 is 10.5 Å². The van der Waals surface area contributed by atoms with Gasteiger partial charge in [-0.15, -0.1) is 0 Å². The fourth-order valence-electron chi connectivity index (χ4n) is 1.94. The summed E-state index contributed by atoms with van der Waals surface area (Å²) in [6.45, 7) is 2.95. The Bertz CT molecular complexity index is 377. The minimum absolute atomic E-state index is 0.514. The summed E-state index contributed by atoms with van der Waals surface area (Å²) in [4.78, 5) is 8.67. The predicted octanol–water partition coefficient (Wildman–Crippen LogP) is 3.29. The van der Waals surface area contributed by atoms with E-state index in [4.69, 9.17) is 10.5 Å². The van der Waals surface area contributed by atoms with Gasteiger partial charge in [-0.05, 0) is 19.3 Å². The molecule has 4 heteroatoms. The van der Waals surface area contributed by atoms with E-state index >= 15 is 0 Å². The van der Waals surface area contributed by atoms with Crippen LogP contribution in [0.2, 0.25) is 0 Å². The summed E-state index contributed by atoms with van der Waals surface area (Å²) < 4.78 is 5.65. The van der Waals surface area contributed by atoms with Gasteiger partial charge in [-0.3, -0.25) is 0 Å². The number of hydrogen-bond donors (Lipinski definition) is 1.